The van der Waals surface area contributed by atoms with Crippen molar-refractivity contribution >= 4 is 5.78 Å². The van der Waals surface area contributed by atoms with Gasteiger partial charge in [0.05, 0.1) is 0 Å². The maximum atomic E-state index is 13.0. The van der Waals surface area contributed by atoms with Gasteiger partial charge in [-0.2, -0.15) is 0 Å². The second-order valence-corrected chi connectivity index (χ2v) is 2.84. The van der Waals surface area contributed by atoms with Gasteiger partial charge in [0.15, 0.2) is 0 Å². The van der Waals surface area contributed by atoms with Crippen LogP contribution in [0.3, 0.4) is 0 Å². The number of rotatable bonds is 3. The monoisotopic (exact) mass is 182 g/mol. The Labute approximate surface area is 76.0 Å². The Balaban J connectivity index is 2.83. The Hall–Kier alpha value is -1.38. The van der Waals surface area contributed by atoms with Gasteiger partial charge >= 0.3 is 0 Å². The number of halogens is 1. The second-order valence-electron chi connectivity index (χ2n) is 2.84. The highest BCUT2D eigenvalue weighted by Gasteiger charge is 2.06. The molecular formula is C10H11FO2. The quantitative estimate of drug-likeness (QED) is 0.776. The topological polar surface area (TPSA) is 37.3 Å². The summed E-state index contributed by atoms with van der Waals surface area (Å²) in [7, 11) is 0. The van der Waals surface area contributed by atoms with Gasteiger partial charge in [0.25, 0.3) is 0 Å². The predicted molar refractivity (Wildman–Crippen MR) is 47.1 cm³/mol. The van der Waals surface area contributed by atoms with E-state index in [1.165, 1.54) is 12.1 Å². The molecule has 0 fully saturated rings. The molecule has 2 nitrogen and oxygen atoms in total. The van der Waals surface area contributed by atoms with Crippen LogP contribution in [0.15, 0.2) is 18.2 Å². The molecule has 0 aromatic heterocycles. The van der Waals surface area contributed by atoms with Crippen molar-refractivity contribution < 1.29 is 14.3 Å². The number of phenols is 1. The van der Waals surface area contributed by atoms with Crippen LogP contribution in [0.1, 0.15) is 18.9 Å². The molecule has 0 saturated heterocycles. The highest BCUT2D eigenvalue weighted by atomic mass is 19.1. The first kappa shape index (κ1) is 9.71. The summed E-state index contributed by atoms with van der Waals surface area (Å²) in [6.07, 6.45) is 0.503. The number of hydrogen-bond acceptors (Lipinski definition) is 2. The van der Waals surface area contributed by atoms with Crippen molar-refractivity contribution in [2.24, 2.45) is 0 Å². The average molecular weight is 182 g/mol. The van der Waals surface area contributed by atoms with E-state index in [2.05, 4.69) is 0 Å². The zero-order valence-corrected chi connectivity index (χ0v) is 7.38. The van der Waals surface area contributed by atoms with Crippen LogP contribution in [0.4, 0.5) is 4.39 Å². The van der Waals surface area contributed by atoms with Gasteiger partial charge in [-0.05, 0) is 11.6 Å². The van der Waals surface area contributed by atoms with Gasteiger partial charge in [-0.1, -0.05) is 13.0 Å². The van der Waals surface area contributed by atoms with E-state index in [4.69, 9.17) is 5.11 Å². The van der Waals surface area contributed by atoms with Crippen molar-refractivity contribution in [3.8, 4) is 5.75 Å². The van der Waals surface area contributed by atoms with Gasteiger partial charge in [-0.25, -0.2) is 4.39 Å². The Bertz CT molecular complexity index is 321. The van der Waals surface area contributed by atoms with Gasteiger partial charge in [0.1, 0.15) is 17.3 Å². The molecule has 0 radical (unpaired) electrons. The lowest BCUT2D eigenvalue weighted by atomic mass is 10.1. The minimum Gasteiger partial charge on any atom is -0.508 e. The van der Waals surface area contributed by atoms with Crippen molar-refractivity contribution in [1.82, 2.24) is 0 Å². The van der Waals surface area contributed by atoms with Crippen LogP contribution in [0.5, 0.6) is 5.75 Å². The smallest absolute Gasteiger partial charge is 0.137 e. The van der Waals surface area contributed by atoms with E-state index in [9.17, 15) is 9.18 Å². The third kappa shape index (κ3) is 2.54. The van der Waals surface area contributed by atoms with Crippen LogP contribution in [-0.4, -0.2) is 10.9 Å². The van der Waals surface area contributed by atoms with E-state index in [1.807, 2.05) is 0 Å². The summed E-state index contributed by atoms with van der Waals surface area (Å²) < 4.78 is 13.0. The molecule has 1 aromatic carbocycles. The van der Waals surface area contributed by atoms with Crippen LogP contribution < -0.4 is 0 Å². The third-order valence-electron chi connectivity index (χ3n) is 1.82. The number of benzene rings is 1. The normalized spacial score (nSPS) is 10.0. The summed E-state index contributed by atoms with van der Waals surface area (Å²) in [5.41, 5.74) is 0.338. The molecule has 0 heterocycles. The minimum atomic E-state index is -0.526. The zero-order chi connectivity index (χ0) is 9.84. The fourth-order valence-corrected chi connectivity index (χ4v) is 1.02. The molecule has 0 amide bonds. The first-order chi connectivity index (χ1) is 6.13. The number of hydrogen-bond donors (Lipinski definition) is 1. The molecule has 1 rings (SSSR count). The first-order valence-electron chi connectivity index (χ1n) is 4.12. The van der Waals surface area contributed by atoms with Crippen LogP contribution in [0, 0.1) is 5.82 Å². The molecule has 0 aliphatic rings. The van der Waals surface area contributed by atoms with Crippen molar-refractivity contribution in [2.75, 3.05) is 0 Å². The van der Waals surface area contributed by atoms with Gasteiger partial charge in [-0.15, -0.1) is 0 Å². The second kappa shape index (κ2) is 4.03. The Morgan fingerprint density at radius 3 is 2.77 bits per heavy atom. The number of ketones is 1. The molecule has 0 spiro atoms. The number of carbonyl (C=O) groups is 1. The van der Waals surface area contributed by atoms with Crippen LogP contribution >= 0.6 is 0 Å². The van der Waals surface area contributed by atoms with Crippen molar-refractivity contribution in [3.05, 3.63) is 29.6 Å². The Morgan fingerprint density at radius 2 is 2.23 bits per heavy atom. The lowest BCUT2D eigenvalue weighted by Gasteiger charge is -2.01. The summed E-state index contributed by atoms with van der Waals surface area (Å²) in [6, 6.07) is 3.82. The molecule has 0 saturated carbocycles. The molecule has 1 N–H and O–H groups in total. The van der Waals surface area contributed by atoms with Gasteiger partial charge < -0.3 is 5.11 Å². The highest BCUT2D eigenvalue weighted by Crippen LogP contribution is 2.15. The summed E-state index contributed by atoms with van der Waals surface area (Å²) in [5.74, 6) is -0.656. The van der Waals surface area contributed by atoms with Gasteiger partial charge in [0, 0.05) is 18.9 Å². The fraction of sp³-hybridized carbons (Fsp3) is 0.300. The van der Waals surface area contributed by atoms with Gasteiger partial charge in [0.2, 0.25) is 0 Å². The molecule has 3 heteroatoms. The molecule has 0 unspecified atom stereocenters. The number of Topliss-reactive ketones (excluding diaryl/α,β-unsaturated/α-hetero) is 1. The average Bonchev–Trinajstić information content (AvgIpc) is 2.09. The van der Waals surface area contributed by atoms with Crippen LogP contribution in [-0.2, 0) is 11.2 Å². The fourth-order valence-electron chi connectivity index (χ4n) is 1.02. The molecule has 70 valence electrons. The summed E-state index contributed by atoms with van der Waals surface area (Å²) in [6.45, 7) is 1.74. The Kier molecular flexibility index (Phi) is 3.01. The molecule has 0 aliphatic heterocycles. The van der Waals surface area contributed by atoms with Crippen molar-refractivity contribution in [2.45, 2.75) is 19.8 Å². The van der Waals surface area contributed by atoms with E-state index in [1.54, 1.807) is 6.92 Å². The van der Waals surface area contributed by atoms with Crippen molar-refractivity contribution in [1.29, 1.82) is 0 Å². The molecule has 13 heavy (non-hydrogen) atoms. The SMILES string of the molecule is CCC(=O)Cc1ccc(O)cc1F. The first-order valence-corrected chi connectivity index (χ1v) is 4.12. The van der Waals surface area contributed by atoms with E-state index >= 15 is 0 Å². The van der Waals surface area contributed by atoms with E-state index in [0.717, 1.165) is 6.07 Å². The standard InChI is InChI=1S/C10H11FO2/c1-2-8(12)5-7-3-4-9(13)6-10(7)11/h3-4,6,13H,2,5H2,1H3. The molecule has 0 aliphatic carbocycles. The summed E-state index contributed by atoms with van der Waals surface area (Å²) in [5, 5.41) is 8.90. The lowest BCUT2D eigenvalue weighted by molar-refractivity contribution is -0.118. The van der Waals surface area contributed by atoms with Crippen LogP contribution in [0.2, 0.25) is 0 Å². The van der Waals surface area contributed by atoms with E-state index < -0.39 is 5.82 Å². The third-order valence-corrected chi connectivity index (χ3v) is 1.82. The summed E-state index contributed by atoms with van der Waals surface area (Å²) >= 11 is 0. The van der Waals surface area contributed by atoms with E-state index in [0.29, 0.717) is 12.0 Å². The number of phenolic OH excluding ortho intramolecular Hbond substituents is 1. The maximum Gasteiger partial charge on any atom is 0.137 e. The van der Waals surface area contributed by atoms with Crippen LogP contribution in [0.25, 0.3) is 0 Å². The zero-order valence-electron chi connectivity index (χ0n) is 7.38. The molecular weight excluding hydrogens is 171 g/mol. The number of carbonyl (C=O) groups excluding carboxylic acids is 1. The Morgan fingerprint density at radius 1 is 1.54 bits per heavy atom. The highest BCUT2D eigenvalue weighted by molar-refractivity contribution is 5.80. The molecule has 1 aromatic rings. The van der Waals surface area contributed by atoms with Gasteiger partial charge in [-0.3, -0.25) is 4.79 Å². The number of aromatic hydroxyl groups is 1. The molecule has 0 bridgehead atoms. The molecule has 0 atom stereocenters. The van der Waals surface area contributed by atoms with E-state index in [-0.39, 0.29) is 18.0 Å². The summed E-state index contributed by atoms with van der Waals surface area (Å²) in [4.78, 5) is 11.0. The largest absolute Gasteiger partial charge is 0.508 e. The lowest BCUT2D eigenvalue weighted by Crippen LogP contribution is -2.02. The minimum absolute atomic E-state index is 0.00964. The maximum absolute atomic E-state index is 13.0. The predicted octanol–water partition coefficient (Wildman–Crippen LogP) is 2.05. The van der Waals surface area contributed by atoms with Crippen molar-refractivity contribution in [3.63, 3.8) is 0 Å².